The molecule has 0 aliphatic rings. The molecule has 4 heteroatoms. The van der Waals surface area contributed by atoms with E-state index in [2.05, 4.69) is 42.4 Å². The van der Waals surface area contributed by atoms with Crippen LogP contribution < -0.4 is 4.40 Å². The van der Waals surface area contributed by atoms with Crippen LogP contribution in [0.5, 0.6) is 0 Å². The summed E-state index contributed by atoms with van der Waals surface area (Å²) in [6, 6.07) is 14.4. The number of nitrogens with zero attached hydrogens (tertiary/aromatic N) is 2. The molecule has 0 aliphatic carbocycles. The van der Waals surface area contributed by atoms with Gasteiger partial charge in [0.25, 0.3) is 11.3 Å². The lowest BCUT2D eigenvalue weighted by atomic mass is 10.2. The van der Waals surface area contributed by atoms with Gasteiger partial charge in [-0.1, -0.05) is 18.2 Å². The van der Waals surface area contributed by atoms with Gasteiger partial charge in [-0.25, -0.2) is 9.97 Å². The zero-order chi connectivity index (χ0) is 12.1. The molecule has 0 radical (unpaired) electrons. The van der Waals surface area contributed by atoms with Crippen LogP contribution in [0.15, 0.2) is 53.1 Å². The van der Waals surface area contributed by atoms with Gasteiger partial charge in [-0.3, -0.25) is 0 Å². The van der Waals surface area contributed by atoms with Crippen molar-refractivity contribution >= 4 is 43.6 Å². The topological polar surface area (TPSA) is 32.8 Å². The molecule has 3 heterocycles. The molecule has 0 spiro atoms. The van der Waals surface area contributed by atoms with Crippen molar-refractivity contribution in [2.45, 2.75) is 0 Å². The Morgan fingerprint density at radius 1 is 1.11 bits per heavy atom. The number of H-pyrrole nitrogens is 1. The summed E-state index contributed by atoms with van der Waals surface area (Å²) >= 11 is 3.50. The predicted octanol–water partition coefficient (Wildman–Crippen LogP) is 3.22. The van der Waals surface area contributed by atoms with E-state index in [9.17, 15) is 0 Å². The van der Waals surface area contributed by atoms with E-state index in [4.69, 9.17) is 0 Å². The van der Waals surface area contributed by atoms with E-state index in [0.717, 1.165) is 32.2 Å². The Balaban J connectivity index is 2.25. The number of fused-ring (bicyclic) bond motifs is 4. The summed E-state index contributed by atoms with van der Waals surface area (Å²) in [5.74, 6) is 0. The highest BCUT2D eigenvalue weighted by Gasteiger charge is 2.13. The fourth-order valence-electron chi connectivity index (χ4n) is 2.28. The number of halogens is 1. The maximum absolute atomic E-state index is 4.65. The second kappa shape index (κ2) is 3.53. The summed E-state index contributed by atoms with van der Waals surface area (Å²) in [7, 11) is 0. The number of benzene rings is 1. The number of hydrogen-bond donors (Lipinski definition) is 1. The summed E-state index contributed by atoms with van der Waals surface area (Å²) in [6.07, 6.45) is 2.05. The molecule has 4 rings (SSSR count). The van der Waals surface area contributed by atoms with Gasteiger partial charge >= 0.3 is 0 Å². The third-order valence-electron chi connectivity index (χ3n) is 3.12. The molecule has 0 amide bonds. The molecule has 1 aromatic carbocycles. The zero-order valence-electron chi connectivity index (χ0n) is 9.39. The lowest BCUT2D eigenvalue weighted by Gasteiger charge is -1.94. The lowest BCUT2D eigenvalue weighted by molar-refractivity contribution is -0.481. The van der Waals surface area contributed by atoms with Crippen molar-refractivity contribution in [3.05, 3.63) is 53.1 Å². The molecule has 0 aliphatic heterocycles. The smallest absolute Gasteiger partial charge is 0.220 e. The second-order valence-corrected chi connectivity index (χ2v) is 5.19. The number of aromatic nitrogens is 3. The van der Waals surface area contributed by atoms with Crippen molar-refractivity contribution in [3.8, 4) is 0 Å². The van der Waals surface area contributed by atoms with Gasteiger partial charge in [0.05, 0.1) is 9.99 Å². The summed E-state index contributed by atoms with van der Waals surface area (Å²) in [4.78, 5) is 7.98. The number of hydrogen-bond acceptors (Lipinski definition) is 1. The van der Waals surface area contributed by atoms with Gasteiger partial charge in [0.15, 0.2) is 5.52 Å². The van der Waals surface area contributed by atoms with Crippen LogP contribution in [0.1, 0.15) is 0 Å². The van der Waals surface area contributed by atoms with Crippen LogP contribution in [-0.4, -0.2) is 9.97 Å². The summed E-state index contributed by atoms with van der Waals surface area (Å²) in [5, 5.41) is 1.15. The molecule has 0 bridgehead atoms. The van der Waals surface area contributed by atoms with E-state index in [1.54, 1.807) is 0 Å². The number of imidazole rings is 1. The maximum Gasteiger partial charge on any atom is 0.286 e. The lowest BCUT2D eigenvalue weighted by Crippen LogP contribution is -2.18. The number of para-hydroxylation sites is 1. The minimum atomic E-state index is 0.909. The predicted molar refractivity (Wildman–Crippen MR) is 74.5 cm³/mol. The average molecular weight is 299 g/mol. The van der Waals surface area contributed by atoms with E-state index in [1.807, 2.05) is 36.5 Å². The first kappa shape index (κ1) is 10.0. The Morgan fingerprint density at radius 2 is 2.00 bits per heavy atom. The van der Waals surface area contributed by atoms with Gasteiger partial charge in [-0.05, 0) is 28.1 Å². The normalized spacial score (nSPS) is 11.6. The van der Waals surface area contributed by atoms with Gasteiger partial charge in [0.2, 0.25) is 0 Å². The summed E-state index contributed by atoms with van der Waals surface area (Å²) in [5.41, 5.74) is 4.05. The molecule has 3 aromatic heterocycles. The fourth-order valence-corrected chi connectivity index (χ4v) is 2.61. The SMILES string of the molecule is Brc1ccc2[nH]c3nc4ccccc4cc3[n+]2c1. The monoisotopic (exact) mass is 298 g/mol. The highest BCUT2D eigenvalue weighted by Crippen LogP contribution is 2.18. The molecule has 4 aromatic rings. The Morgan fingerprint density at radius 3 is 2.94 bits per heavy atom. The van der Waals surface area contributed by atoms with Crippen molar-refractivity contribution in [2.24, 2.45) is 0 Å². The molecule has 0 saturated carbocycles. The van der Waals surface area contributed by atoms with Crippen LogP contribution in [0.4, 0.5) is 0 Å². The average Bonchev–Trinajstić information content (AvgIpc) is 2.73. The molecule has 0 fully saturated rings. The van der Waals surface area contributed by atoms with E-state index >= 15 is 0 Å². The van der Waals surface area contributed by atoms with E-state index in [1.165, 1.54) is 0 Å². The minimum Gasteiger partial charge on any atom is -0.220 e. The van der Waals surface area contributed by atoms with Crippen LogP contribution in [0, 0.1) is 0 Å². The summed E-state index contributed by atoms with van der Waals surface area (Å²) in [6.45, 7) is 0. The van der Waals surface area contributed by atoms with Crippen LogP contribution in [0.3, 0.4) is 0 Å². The first-order chi connectivity index (χ1) is 8.81. The molecular weight excluding hydrogens is 290 g/mol. The Labute approximate surface area is 111 Å². The van der Waals surface area contributed by atoms with Crippen LogP contribution in [0.2, 0.25) is 0 Å². The number of nitrogens with one attached hydrogen (secondary N) is 1. The molecule has 0 saturated heterocycles. The van der Waals surface area contributed by atoms with Gasteiger partial charge in [0.1, 0.15) is 6.20 Å². The van der Waals surface area contributed by atoms with Crippen LogP contribution in [-0.2, 0) is 0 Å². The maximum atomic E-state index is 4.65. The zero-order valence-corrected chi connectivity index (χ0v) is 11.0. The van der Waals surface area contributed by atoms with Crippen molar-refractivity contribution < 1.29 is 4.40 Å². The van der Waals surface area contributed by atoms with Crippen molar-refractivity contribution in [2.75, 3.05) is 0 Å². The third kappa shape index (κ3) is 1.36. The quantitative estimate of drug-likeness (QED) is 0.497. The Hall–Kier alpha value is -1.94. The standard InChI is InChI=1S/C14H8BrN3/c15-10-5-6-13-17-14-12(18(13)8-10)7-9-3-1-2-4-11(9)16-14/h1-8H/p+1. The van der Waals surface area contributed by atoms with Gasteiger partial charge in [-0.2, -0.15) is 4.40 Å². The Bertz CT molecular complexity index is 895. The first-order valence-corrected chi connectivity index (χ1v) is 6.49. The second-order valence-electron chi connectivity index (χ2n) is 4.28. The van der Waals surface area contributed by atoms with Gasteiger partial charge in [0, 0.05) is 17.5 Å². The molecule has 1 N–H and O–H groups in total. The highest BCUT2D eigenvalue weighted by atomic mass is 79.9. The molecule has 86 valence electrons. The van der Waals surface area contributed by atoms with E-state index in [0.29, 0.717) is 0 Å². The fraction of sp³-hybridized carbons (Fsp3) is 0. The van der Waals surface area contributed by atoms with Gasteiger partial charge in [-0.15, -0.1) is 0 Å². The number of pyridine rings is 2. The molecule has 0 atom stereocenters. The number of rotatable bonds is 0. The first-order valence-electron chi connectivity index (χ1n) is 5.70. The van der Waals surface area contributed by atoms with Crippen LogP contribution in [0.25, 0.3) is 27.7 Å². The van der Waals surface area contributed by atoms with E-state index in [-0.39, 0.29) is 0 Å². The minimum absolute atomic E-state index is 0.909. The summed E-state index contributed by atoms with van der Waals surface area (Å²) < 4.78 is 3.16. The highest BCUT2D eigenvalue weighted by molar-refractivity contribution is 9.10. The molecule has 18 heavy (non-hydrogen) atoms. The molecule has 3 nitrogen and oxygen atoms in total. The largest absolute Gasteiger partial charge is 0.286 e. The van der Waals surface area contributed by atoms with Crippen molar-refractivity contribution in [3.63, 3.8) is 0 Å². The molecule has 0 unspecified atom stereocenters. The van der Waals surface area contributed by atoms with Crippen molar-refractivity contribution in [1.29, 1.82) is 0 Å². The molecular formula is C14H9BrN3+. The Kier molecular flexibility index (Phi) is 1.96. The van der Waals surface area contributed by atoms with Crippen LogP contribution >= 0.6 is 15.9 Å². The van der Waals surface area contributed by atoms with E-state index < -0.39 is 0 Å². The third-order valence-corrected chi connectivity index (χ3v) is 3.59. The van der Waals surface area contributed by atoms with Crippen molar-refractivity contribution in [1.82, 2.24) is 9.97 Å². The van der Waals surface area contributed by atoms with Gasteiger partial charge < -0.3 is 0 Å². The number of aromatic amines is 1.